The van der Waals surface area contributed by atoms with Crippen molar-refractivity contribution in [3.05, 3.63) is 54.6 Å². The standard InChI is InChI=1S/C16H18N2O4S/c1-17-16(19)12-18(13-6-4-3-5-7-13)23(20,21)15-10-8-14(22-2)9-11-15/h3-11H,12H2,1-2H3,(H,17,19). The van der Waals surface area contributed by atoms with E-state index in [4.69, 9.17) is 4.74 Å². The van der Waals surface area contributed by atoms with Crippen molar-refractivity contribution in [3.8, 4) is 5.75 Å². The van der Waals surface area contributed by atoms with Crippen LogP contribution in [0.1, 0.15) is 0 Å². The monoisotopic (exact) mass is 334 g/mol. The molecule has 0 bridgehead atoms. The summed E-state index contributed by atoms with van der Waals surface area (Å²) in [5.41, 5.74) is 0.423. The second kappa shape index (κ2) is 7.15. The second-order valence-electron chi connectivity index (χ2n) is 4.70. The zero-order chi connectivity index (χ0) is 16.9. The minimum absolute atomic E-state index is 0.0889. The third kappa shape index (κ3) is 3.81. The number of amides is 1. The second-order valence-corrected chi connectivity index (χ2v) is 6.56. The summed E-state index contributed by atoms with van der Waals surface area (Å²) in [6.07, 6.45) is 0. The van der Waals surface area contributed by atoms with E-state index in [0.717, 1.165) is 4.31 Å². The van der Waals surface area contributed by atoms with Crippen molar-refractivity contribution in [1.29, 1.82) is 0 Å². The number of anilines is 1. The summed E-state index contributed by atoms with van der Waals surface area (Å²) in [5, 5.41) is 2.44. The van der Waals surface area contributed by atoms with Gasteiger partial charge in [-0.15, -0.1) is 0 Å². The quantitative estimate of drug-likeness (QED) is 0.871. The van der Waals surface area contributed by atoms with E-state index in [0.29, 0.717) is 11.4 Å². The van der Waals surface area contributed by atoms with Crippen molar-refractivity contribution < 1.29 is 17.9 Å². The van der Waals surface area contributed by atoms with Crippen LogP contribution in [0.2, 0.25) is 0 Å². The predicted octanol–water partition coefficient (Wildman–Crippen LogP) is 1.64. The maximum atomic E-state index is 12.9. The van der Waals surface area contributed by atoms with Gasteiger partial charge < -0.3 is 10.1 Å². The van der Waals surface area contributed by atoms with Gasteiger partial charge in [0.15, 0.2) is 0 Å². The van der Waals surface area contributed by atoms with Gasteiger partial charge in [-0.1, -0.05) is 18.2 Å². The molecule has 2 aromatic rings. The van der Waals surface area contributed by atoms with Gasteiger partial charge in [-0.3, -0.25) is 9.10 Å². The van der Waals surface area contributed by atoms with Gasteiger partial charge in [-0.05, 0) is 36.4 Å². The number of hydrogen-bond acceptors (Lipinski definition) is 4. The zero-order valence-electron chi connectivity index (χ0n) is 12.9. The van der Waals surface area contributed by atoms with Crippen LogP contribution in [0.25, 0.3) is 0 Å². The van der Waals surface area contributed by atoms with Crippen LogP contribution < -0.4 is 14.4 Å². The van der Waals surface area contributed by atoms with Crippen LogP contribution in [0, 0.1) is 0 Å². The summed E-state index contributed by atoms with van der Waals surface area (Å²) < 4.78 is 31.9. The van der Waals surface area contributed by atoms with Gasteiger partial charge in [0.25, 0.3) is 10.0 Å². The Morgan fingerprint density at radius 3 is 2.22 bits per heavy atom. The van der Waals surface area contributed by atoms with Gasteiger partial charge in [-0.25, -0.2) is 8.42 Å². The molecule has 0 spiro atoms. The summed E-state index contributed by atoms with van der Waals surface area (Å²) in [4.78, 5) is 11.8. The molecule has 0 aliphatic heterocycles. The molecule has 7 heteroatoms. The average molecular weight is 334 g/mol. The third-order valence-corrected chi connectivity index (χ3v) is 5.05. The molecule has 0 fully saturated rings. The summed E-state index contributed by atoms with van der Waals surface area (Å²) in [7, 11) is -0.898. The van der Waals surface area contributed by atoms with Crippen molar-refractivity contribution in [2.75, 3.05) is 25.0 Å². The highest BCUT2D eigenvalue weighted by molar-refractivity contribution is 7.92. The highest BCUT2D eigenvalue weighted by atomic mass is 32.2. The Balaban J connectivity index is 2.45. The third-order valence-electron chi connectivity index (χ3n) is 3.26. The fourth-order valence-electron chi connectivity index (χ4n) is 1.99. The summed E-state index contributed by atoms with van der Waals surface area (Å²) in [5.74, 6) is 0.160. The molecule has 2 rings (SSSR count). The lowest BCUT2D eigenvalue weighted by atomic mass is 10.3. The molecule has 0 atom stereocenters. The molecule has 2 aromatic carbocycles. The number of nitrogens with one attached hydrogen (secondary N) is 1. The first kappa shape index (κ1) is 16.8. The highest BCUT2D eigenvalue weighted by Crippen LogP contribution is 2.24. The van der Waals surface area contributed by atoms with E-state index in [9.17, 15) is 13.2 Å². The van der Waals surface area contributed by atoms with Crippen molar-refractivity contribution >= 4 is 21.6 Å². The Kier molecular flexibility index (Phi) is 5.23. The molecule has 23 heavy (non-hydrogen) atoms. The molecule has 1 N–H and O–H groups in total. The summed E-state index contributed by atoms with van der Waals surface area (Å²) in [6, 6.07) is 14.5. The molecule has 0 saturated heterocycles. The Bertz CT molecular complexity index is 758. The van der Waals surface area contributed by atoms with Crippen LogP contribution in [-0.4, -0.2) is 35.0 Å². The fraction of sp³-hybridized carbons (Fsp3) is 0.188. The maximum absolute atomic E-state index is 12.9. The average Bonchev–Trinajstić information content (AvgIpc) is 2.60. The van der Waals surface area contributed by atoms with Gasteiger partial charge in [0.2, 0.25) is 5.91 Å². The smallest absolute Gasteiger partial charge is 0.264 e. The summed E-state index contributed by atoms with van der Waals surface area (Å²) in [6.45, 7) is -0.297. The molecular formula is C16H18N2O4S. The molecule has 0 aromatic heterocycles. The van der Waals surface area contributed by atoms with Gasteiger partial charge in [-0.2, -0.15) is 0 Å². The van der Waals surface area contributed by atoms with E-state index in [1.165, 1.54) is 26.3 Å². The number of rotatable bonds is 6. The van der Waals surface area contributed by atoms with E-state index < -0.39 is 15.9 Å². The highest BCUT2D eigenvalue weighted by Gasteiger charge is 2.26. The van der Waals surface area contributed by atoms with Crippen LogP contribution in [0.3, 0.4) is 0 Å². The number of nitrogens with zero attached hydrogens (tertiary/aromatic N) is 1. The van der Waals surface area contributed by atoms with Crippen molar-refractivity contribution in [3.63, 3.8) is 0 Å². The van der Waals surface area contributed by atoms with E-state index in [1.54, 1.807) is 42.5 Å². The number of likely N-dealkylation sites (N-methyl/N-ethyl adjacent to an activating group) is 1. The van der Waals surface area contributed by atoms with Gasteiger partial charge in [0, 0.05) is 7.05 Å². The topological polar surface area (TPSA) is 75.7 Å². The number of ether oxygens (including phenoxy) is 1. The van der Waals surface area contributed by atoms with Gasteiger partial charge in [0.1, 0.15) is 12.3 Å². The minimum atomic E-state index is -3.87. The number of hydrogen-bond donors (Lipinski definition) is 1. The first-order valence-corrected chi connectivity index (χ1v) is 8.35. The minimum Gasteiger partial charge on any atom is -0.497 e. The number of sulfonamides is 1. The maximum Gasteiger partial charge on any atom is 0.264 e. The first-order valence-electron chi connectivity index (χ1n) is 6.91. The molecule has 0 aliphatic rings. The molecule has 0 radical (unpaired) electrons. The molecule has 0 unspecified atom stereocenters. The molecule has 122 valence electrons. The van der Waals surface area contributed by atoms with Crippen LogP contribution in [0.15, 0.2) is 59.5 Å². The Morgan fingerprint density at radius 1 is 1.09 bits per heavy atom. The zero-order valence-corrected chi connectivity index (χ0v) is 13.7. The molecule has 0 heterocycles. The number of methoxy groups -OCH3 is 1. The van der Waals surface area contributed by atoms with Gasteiger partial charge >= 0.3 is 0 Å². The lowest BCUT2D eigenvalue weighted by Gasteiger charge is -2.23. The van der Waals surface area contributed by atoms with E-state index in [1.807, 2.05) is 0 Å². The molecular weight excluding hydrogens is 316 g/mol. The number of para-hydroxylation sites is 1. The largest absolute Gasteiger partial charge is 0.497 e. The van der Waals surface area contributed by atoms with E-state index >= 15 is 0 Å². The first-order chi connectivity index (χ1) is 11.0. The lowest BCUT2D eigenvalue weighted by molar-refractivity contribution is -0.119. The van der Waals surface area contributed by atoms with Gasteiger partial charge in [0.05, 0.1) is 17.7 Å². The Hall–Kier alpha value is -2.54. The van der Waals surface area contributed by atoms with E-state index in [-0.39, 0.29) is 11.4 Å². The van der Waals surface area contributed by atoms with E-state index in [2.05, 4.69) is 5.32 Å². The van der Waals surface area contributed by atoms with Crippen molar-refractivity contribution in [1.82, 2.24) is 5.32 Å². The van der Waals surface area contributed by atoms with Crippen LogP contribution in [0.4, 0.5) is 5.69 Å². The Morgan fingerprint density at radius 2 is 1.70 bits per heavy atom. The fourth-order valence-corrected chi connectivity index (χ4v) is 3.41. The number of carbonyl (C=O) groups excluding carboxylic acids is 1. The van der Waals surface area contributed by atoms with Crippen molar-refractivity contribution in [2.24, 2.45) is 0 Å². The predicted molar refractivity (Wildman–Crippen MR) is 88.0 cm³/mol. The molecule has 6 nitrogen and oxygen atoms in total. The molecule has 1 amide bonds. The normalized spacial score (nSPS) is 10.9. The van der Waals surface area contributed by atoms with Crippen LogP contribution >= 0.6 is 0 Å². The Labute approximate surface area is 135 Å². The SMILES string of the molecule is CNC(=O)CN(c1ccccc1)S(=O)(=O)c1ccc(OC)cc1. The molecule has 0 saturated carbocycles. The summed E-state index contributed by atoms with van der Waals surface area (Å²) >= 11 is 0. The number of carbonyl (C=O) groups is 1. The molecule has 0 aliphatic carbocycles. The van der Waals surface area contributed by atoms with Crippen LogP contribution in [0.5, 0.6) is 5.75 Å². The van der Waals surface area contributed by atoms with Crippen LogP contribution in [-0.2, 0) is 14.8 Å². The lowest BCUT2D eigenvalue weighted by Crippen LogP contribution is -2.39. The van der Waals surface area contributed by atoms with Crippen molar-refractivity contribution in [2.45, 2.75) is 4.90 Å². The number of benzene rings is 2.